The molecule has 0 aromatic heterocycles. The average molecular weight is 349 g/mol. The van der Waals surface area contributed by atoms with Gasteiger partial charge in [0.25, 0.3) is 0 Å². The molecule has 24 heavy (non-hydrogen) atoms. The lowest BCUT2D eigenvalue weighted by molar-refractivity contribution is -0.135. The summed E-state index contributed by atoms with van der Waals surface area (Å²) in [5.41, 5.74) is 1.19. The van der Waals surface area contributed by atoms with Crippen LogP contribution in [0.4, 0.5) is 0 Å². The fourth-order valence-electron chi connectivity index (χ4n) is 4.43. The normalized spacial score (nSPS) is 33.7. The lowest BCUT2D eigenvalue weighted by atomic mass is 10.1. The molecule has 1 N–H and O–H groups in total. The number of aliphatic hydroxyl groups is 1. The minimum absolute atomic E-state index is 0.132. The van der Waals surface area contributed by atoms with Gasteiger partial charge in [-0.2, -0.15) is 0 Å². The molecular formula is C19H25ClN2O2. The van der Waals surface area contributed by atoms with Gasteiger partial charge in [-0.1, -0.05) is 23.7 Å². The van der Waals surface area contributed by atoms with Crippen LogP contribution in [0.3, 0.4) is 0 Å². The molecule has 1 amide bonds. The van der Waals surface area contributed by atoms with Crippen molar-refractivity contribution in [3.63, 3.8) is 0 Å². The molecule has 4 rings (SSSR count). The van der Waals surface area contributed by atoms with Crippen LogP contribution in [-0.4, -0.2) is 59.1 Å². The zero-order valence-electron chi connectivity index (χ0n) is 13.9. The van der Waals surface area contributed by atoms with E-state index in [2.05, 4.69) is 11.0 Å². The Labute approximate surface area is 148 Å². The Morgan fingerprint density at radius 3 is 2.62 bits per heavy atom. The van der Waals surface area contributed by atoms with E-state index in [9.17, 15) is 9.90 Å². The van der Waals surface area contributed by atoms with E-state index in [0.717, 1.165) is 56.9 Å². The molecule has 0 unspecified atom stereocenters. The van der Waals surface area contributed by atoms with E-state index in [-0.39, 0.29) is 12.0 Å². The number of carbonyl (C=O) groups is 1. The predicted molar refractivity (Wildman–Crippen MR) is 94.1 cm³/mol. The van der Waals surface area contributed by atoms with Gasteiger partial charge in [-0.3, -0.25) is 9.69 Å². The highest BCUT2D eigenvalue weighted by Crippen LogP contribution is 2.49. The summed E-state index contributed by atoms with van der Waals surface area (Å²) in [5, 5.41) is 10.8. The molecule has 1 aromatic carbocycles. The lowest BCUT2D eigenvalue weighted by Gasteiger charge is -2.39. The van der Waals surface area contributed by atoms with Crippen LogP contribution in [-0.2, 0) is 4.79 Å². The first-order valence-corrected chi connectivity index (χ1v) is 9.47. The predicted octanol–water partition coefficient (Wildman–Crippen LogP) is 2.50. The second-order valence-corrected chi connectivity index (χ2v) is 7.87. The quantitative estimate of drug-likeness (QED) is 0.912. The monoisotopic (exact) mass is 348 g/mol. The van der Waals surface area contributed by atoms with Gasteiger partial charge in [0.05, 0.1) is 6.10 Å². The molecule has 5 heteroatoms. The van der Waals surface area contributed by atoms with Gasteiger partial charge in [-0.15, -0.1) is 0 Å². The maximum Gasteiger partial charge on any atom is 0.226 e. The standard InChI is InChI=1S/C19H25ClN2O2/c20-14-4-1-3-13(11-14)15-12-16(15)19(24)22-9-7-21(8-10-22)17-5-2-6-18(17)23/h1,3-4,11,15-18,23H,2,5-10,12H2/t15-,16-,17+,18-/m1/s1. The Hall–Kier alpha value is -1.10. The molecule has 0 radical (unpaired) electrons. The molecule has 4 nitrogen and oxygen atoms in total. The van der Waals surface area contributed by atoms with Crippen LogP contribution in [0, 0.1) is 5.92 Å². The molecule has 0 spiro atoms. The van der Waals surface area contributed by atoms with Crippen molar-refractivity contribution in [2.24, 2.45) is 5.92 Å². The minimum atomic E-state index is -0.178. The molecule has 3 aliphatic rings. The number of amides is 1. The van der Waals surface area contributed by atoms with E-state index in [4.69, 9.17) is 11.6 Å². The van der Waals surface area contributed by atoms with Crippen LogP contribution in [0.2, 0.25) is 5.02 Å². The molecular weight excluding hydrogens is 324 g/mol. The highest BCUT2D eigenvalue weighted by molar-refractivity contribution is 6.30. The zero-order valence-corrected chi connectivity index (χ0v) is 14.7. The van der Waals surface area contributed by atoms with E-state index < -0.39 is 0 Å². The second kappa shape index (κ2) is 6.66. The summed E-state index contributed by atoms with van der Waals surface area (Å²) in [6.45, 7) is 3.37. The van der Waals surface area contributed by atoms with Crippen LogP contribution in [0.5, 0.6) is 0 Å². The molecule has 1 aromatic rings. The van der Waals surface area contributed by atoms with E-state index >= 15 is 0 Å². The summed E-state index contributed by atoms with van der Waals surface area (Å²) < 4.78 is 0. The maximum absolute atomic E-state index is 12.7. The largest absolute Gasteiger partial charge is 0.391 e. The number of benzene rings is 1. The van der Waals surface area contributed by atoms with E-state index in [1.165, 1.54) is 5.56 Å². The van der Waals surface area contributed by atoms with Crippen molar-refractivity contribution in [2.45, 2.75) is 43.7 Å². The number of hydrogen-bond acceptors (Lipinski definition) is 3. The molecule has 1 saturated heterocycles. The van der Waals surface area contributed by atoms with Gasteiger partial charge in [-0.25, -0.2) is 0 Å². The van der Waals surface area contributed by atoms with Crippen molar-refractivity contribution in [2.75, 3.05) is 26.2 Å². The van der Waals surface area contributed by atoms with Crippen molar-refractivity contribution < 1.29 is 9.90 Å². The van der Waals surface area contributed by atoms with Crippen molar-refractivity contribution in [3.05, 3.63) is 34.9 Å². The zero-order chi connectivity index (χ0) is 16.7. The highest BCUT2D eigenvalue weighted by Gasteiger charge is 2.46. The van der Waals surface area contributed by atoms with E-state index in [0.29, 0.717) is 17.9 Å². The SMILES string of the molecule is O=C([C@@H]1C[C@@H]1c1cccc(Cl)c1)N1CCN([C@H]2CCC[C@H]2O)CC1. The minimum Gasteiger partial charge on any atom is -0.391 e. The lowest BCUT2D eigenvalue weighted by Crippen LogP contribution is -2.54. The Morgan fingerprint density at radius 2 is 1.96 bits per heavy atom. The molecule has 4 atom stereocenters. The average Bonchev–Trinajstić information content (AvgIpc) is 3.29. The smallest absolute Gasteiger partial charge is 0.226 e. The van der Waals surface area contributed by atoms with Gasteiger partial charge >= 0.3 is 0 Å². The number of hydrogen-bond donors (Lipinski definition) is 1. The van der Waals surface area contributed by atoms with Gasteiger partial charge < -0.3 is 10.0 Å². The van der Waals surface area contributed by atoms with Crippen molar-refractivity contribution >= 4 is 17.5 Å². The van der Waals surface area contributed by atoms with Crippen molar-refractivity contribution in [3.8, 4) is 0 Å². The van der Waals surface area contributed by atoms with Gasteiger partial charge in [0.2, 0.25) is 5.91 Å². The third-order valence-electron chi connectivity index (χ3n) is 5.92. The molecule has 1 heterocycles. The molecule has 2 saturated carbocycles. The maximum atomic E-state index is 12.7. The van der Waals surface area contributed by atoms with Gasteiger partial charge in [0, 0.05) is 43.2 Å². The highest BCUT2D eigenvalue weighted by atomic mass is 35.5. The van der Waals surface area contributed by atoms with Gasteiger partial charge in [0.1, 0.15) is 0 Å². The summed E-state index contributed by atoms with van der Waals surface area (Å²) in [7, 11) is 0. The van der Waals surface area contributed by atoms with E-state index in [1.54, 1.807) is 0 Å². The summed E-state index contributed by atoms with van der Waals surface area (Å²) in [6.07, 6.45) is 3.90. The van der Waals surface area contributed by atoms with Crippen LogP contribution in [0.15, 0.2) is 24.3 Å². The topological polar surface area (TPSA) is 43.8 Å². The van der Waals surface area contributed by atoms with E-state index in [1.807, 2.05) is 23.1 Å². The third-order valence-corrected chi connectivity index (χ3v) is 6.16. The molecule has 1 aliphatic heterocycles. The Morgan fingerprint density at radius 1 is 1.17 bits per heavy atom. The number of rotatable bonds is 3. The Bertz CT molecular complexity index is 615. The first kappa shape index (κ1) is 16.4. The van der Waals surface area contributed by atoms with Crippen LogP contribution >= 0.6 is 11.6 Å². The van der Waals surface area contributed by atoms with Crippen LogP contribution in [0.1, 0.15) is 37.2 Å². The summed E-state index contributed by atoms with van der Waals surface area (Å²) in [5.74, 6) is 0.768. The summed E-state index contributed by atoms with van der Waals surface area (Å²) >= 11 is 6.06. The van der Waals surface area contributed by atoms with Gasteiger partial charge in [0.15, 0.2) is 0 Å². The number of piperazine rings is 1. The Kier molecular flexibility index (Phi) is 4.54. The second-order valence-electron chi connectivity index (χ2n) is 7.43. The Balaban J connectivity index is 1.31. The first-order valence-electron chi connectivity index (χ1n) is 9.10. The summed E-state index contributed by atoms with van der Waals surface area (Å²) in [4.78, 5) is 17.1. The fourth-order valence-corrected chi connectivity index (χ4v) is 4.63. The first-order chi connectivity index (χ1) is 11.6. The fraction of sp³-hybridized carbons (Fsp3) is 0.632. The number of carbonyl (C=O) groups excluding carboxylic acids is 1. The van der Waals surface area contributed by atoms with Crippen molar-refractivity contribution in [1.29, 1.82) is 0 Å². The number of aliphatic hydroxyl groups excluding tert-OH is 1. The number of nitrogens with zero attached hydrogens (tertiary/aromatic N) is 2. The van der Waals surface area contributed by atoms with Crippen LogP contribution in [0.25, 0.3) is 0 Å². The number of halogens is 1. The molecule has 3 fully saturated rings. The summed E-state index contributed by atoms with van der Waals surface area (Å²) in [6, 6.07) is 8.20. The molecule has 0 bridgehead atoms. The molecule has 2 aliphatic carbocycles. The van der Waals surface area contributed by atoms with Gasteiger partial charge in [-0.05, 0) is 49.3 Å². The third kappa shape index (κ3) is 3.19. The van der Waals surface area contributed by atoms with Crippen LogP contribution < -0.4 is 0 Å². The van der Waals surface area contributed by atoms with Crippen molar-refractivity contribution in [1.82, 2.24) is 9.80 Å². The molecule has 130 valence electrons.